The first-order valence-electron chi connectivity index (χ1n) is 6.08. The Morgan fingerprint density at radius 1 is 1.26 bits per heavy atom. The molecule has 0 unspecified atom stereocenters. The lowest BCUT2D eigenvalue weighted by molar-refractivity contribution is 0.607. The molecule has 100 valence electrons. The Kier molecular flexibility index (Phi) is 4.32. The van der Waals surface area contributed by atoms with Gasteiger partial charge < -0.3 is 4.90 Å². The Bertz CT molecular complexity index is 574. The van der Waals surface area contributed by atoms with Crippen molar-refractivity contribution in [3.63, 3.8) is 0 Å². The summed E-state index contributed by atoms with van der Waals surface area (Å²) in [6.45, 7) is 2.40. The summed E-state index contributed by atoms with van der Waals surface area (Å²) < 4.78 is 13.6. The molecule has 0 fully saturated rings. The van der Waals surface area contributed by atoms with E-state index >= 15 is 0 Å². The average molecular weight is 280 g/mol. The van der Waals surface area contributed by atoms with Crippen LogP contribution in [-0.2, 0) is 13.0 Å². The van der Waals surface area contributed by atoms with E-state index in [0.29, 0.717) is 35.3 Å². The van der Waals surface area contributed by atoms with Gasteiger partial charge in [-0.15, -0.1) is 0 Å². The van der Waals surface area contributed by atoms with Crippen LogP contribution in [0.5, 0.6) is 0 Å². The third-order valence-corrected chi connectivity index (χ3v) is 2.99. The predicted molar refractivity (Wildman–Crippen MR) is 74.9 cm³/mol. The van der Waals surface area contributed by atoms with Crippen LogP contribution in [0.15, 0.2) is 30.3 Å². The fourth-order valence-electron chi connectivity index (χ4n) is 1.77. The zero-order valence-electron chi connectivity index (χ0n) is 10.9. The largest absolute Gasteiger partial charge is 0.355 e. The minimum absolute atomic E-state index is 0.217. The molecule has 1 aromatic heterocycles. The molecule has 0 saturated carbocycles. The van der Waals surface area contributed by atoms with Gasteiger partial charge in [0.15, 0.2) is 0 Å². The molecule has 2 rings (SSSR count). The van der Waals surface area contributed by atoms with Crippen LogP contribution in [0.4, 0.5) is 10.2 Å². The first-order chi connectivity index (χ1) is 9.10. The summed E-state index contributed by atoms with van der Waals surface area (Å²) >= 11 is 5.96. The van der Waals surface area contributed by atoms with E-state index in [1.807, 2.05) is 24.9 Å². The molecule has 0 radical (unpaired) electrons. The first kappa shape index (κ1) is 13.7. The van der Waals surface area contributed by atoms with Crippen LogP contribution in [0.25, 0.3) is 0 Å². The van der Waals surface area contributed by atoms with Crippen molar-refractivity contribution in [3.05, 3.63) is 52.7 Å². The van der Waals surface area contributed by atoms with Crippen LogP contribution < -0.4 is 4.90 Å². The second-order valence-corrected chi connectivity index (χ2v) is 4.65. The standard InChI is InChI=1S/C14H15ClFN3/c1-3-13-17-12(15)8-14(18-13)19(2)9-10-6-4-5-7-11(10)16/h4-8H,3,9H2,1-2H3. The zero-order chi connectivity index (χ0) is 13.8. The molecule has 1 aromatic carbocycles. The van der Waals surface area contributed by atoms with Gasteiger partial charge in [0.05, 0.1) is 0 Å². The summed E-state index contributed by atoms with van der Waals surface area (Å²) in [5.41, 5.74) is 0.623. The van der Waals surface area contributed by atoms with E-state index in [2.05, 4.69) is 9.97 Å². The molecule has 0 amide bonds. The molecular formula is C14H15ClFN3. The van der Waals surface area contributed by atoms with Gasteiger partial charge in [-0.3, -0.25) is 0 Å². The van der Waals surface area contributed by atoms with Crippen molar-refractivity contribution in [3.8, 4) is 0 Å². The lowest BCUT2D eigenvalue weighted by Crippen LogP contribution is -2.19. The number of hydrogen-bond donors (Lipinski definition) is 0. The number of aryl methyl sites for hydroxylation is 1. The van der Waals surface area contributed by atoms with Crippen molar-refractivity contribution in [1.82, 2.24) is 9.97 Å². The lowest BCUT2D eigenvalue weighted by Gasteiger charge is -2.19. The lowest BCUT2D eigenvalue weighted by atomic mass is 10.2. The Balaban J connectivity index is 2.22. The number of hydrogen-bond acceptors (Lipinski definition) is 3. The first-order valence-corrected chi connectivity index (χ1v) is 6.46. The highest BCUT2D eigenvalue weighted by atomic mass is 35.5. The average Bonchev–Trinajstić information content (AvgIpc) is 2.40. The van der Waals surface area contributed by atoms with Crippen molar-refractivity contribution in [1.29, 1.82) is 0 Å². The van der Waals surface area contributed by atoms with Gasteiger partial charge in [0.25, 0.3) is 0 Å². The molecule has 3 nitrogen and oxygen atoms in total. The quantitative estimate of drug-likeness (QED) is 0.803. The normalized spacial score (nSPS) is 10.5. The minimum atomic E-state index is -0.217. The number of anilines is 1. The Hall–Kier alpha value is -1.68. The van der Waals surface area contributed by atoms with Gasteiger partial charge in [0.1, 0.15) is 22.6 Å². The number of rotatable bonds is 4. The fraction of sp³-hybridized carbons (Fsp3) is 0.286. The minimum Gasteiger partial charge on any atom is -0.355 e. The number of aromatic nitrogens is 2. The smallest absolute Gasteiger partial charge is 0.134 e. The van der Waals surface area contributed by atoms with Gasteiger partial charge in [-0.05, 0) is 6.07 Å². The zero-order valence-corrected chi connectivity index (χ0v) is 11.7. The molecule has 0 aliphatic heterocycles. The Morgan fingerprint density at radius 3 is 2.68 bits per heavy atom. The molecule has 0 N–H and O–H groups in total. The van der Waals surface area contributed by atoms with Crippen LogP contribution in [0.1, 0.15) is 18.3 Å². The highest BCUT2D eigenvalue weighted by Gasteiger charge is 2.09. The summed E-state index contributed by atoms with van der Waals surface area (Å²) in [5, 5.41) is 0.405. The molecule has 0 bridgehead atoms. The molecule has 0 atom stereocenters. The molecule has 0 saturated heterocycles. The Morgan fingerprint density at radius 2 is 2.00 bits per heavy atom. The van der Waals surface area contributed by atoms with Gasteiger partial charge in [0.2, 0.25) is 0 Å². The topological polar surface area (TPSA) is 29.0 Å². The summed E-state index contributed by atoms with van der Waals surface area (Å²) in [5.74, 6) is 1.16. The van der Waals surface area contributed by atoms with Crippen molar-refractivity contribution in [2.24, 2.45) is 0 Å². The maximum atomic E-state index is 13.6. The SMILES string of the molecule is CCc1nc(Cl)cc(N(C)Cc2ccccc2F)n1. The van der Waals surface area contributed by atoms with Gasteiger partial charge in [-0.1, -0.05) is 36.7 Å². The Labute approximate surface area is 117 Å². The summed E-state index contributed by atoms with van der Waals surface area (Å²) in [6.07, 6.45) is 0.709. The van der Waals surface area contributed by atoms with Crippen LogP contribution in [0, 0.1) is 5.82 Å². The molecule has 0 aliphatic carbocycles. The van der Waals surface area contributed by atoms with Gasteiger partial charge in [-0.25, -0.2) is 14.4 Å². The van der Waals surface area contributed by atoms with Crippen LogP contribution in [0.3, 0.4) is 0 Å². The fourth-order valence-corrected chi connectivity index (χ4v) is 1.96. The van der Waals surface area contributed by atoms with Crippen LogP contribution in [-0.4, -0.2) is 17.0 Å². The second kappa shape index (κ2) is 5.97. The van der Waals surface area contributed by atoms with Gasteiger partial charge >= 0.3 is 0 Å². The molecule has 5 heteroatoms. The van der Waals surface area contributed by atoms with E-state index in [9.17, 15) is 4.39 Å². The van der Waals surface area contributed by atoms with Crippen LogP contribution >= 0.6 is 11.6 Å². The number of nitrogens with zero attached hydrogens (tertiary/aromatic N) is 3. The van der Waals surface area contributed by atoms with Crippen molar-refractivity contribution in [2.75, 3.05) is 11.9 Å². The van der Waals surface area contributed by atoms with Crippen molar-refractivity contribution < 1.29 is 4.39 Å². The van der Waals surface area contributed by atoms with E-state index < -0.39 is 0 Å². The second-order valence-electron chi connectivity index (χ2n) is 4.27. The number of halogens is 2. The summed E-state index contributed by atoms with van der Waals surface area (Å²) in [4.78, 5) is 10.4. The van der Waals surface area contributed by atoms with Crippen molar-refractivity contribution >= 4 is 17.4 Å². The number of benzene rings is 1. The monoisotopic (exact) mass is 279 g/mol. The maximum absolute atomic E-state index is 13.6. The van der Waals surface area contributed by atoms with Gasteiger partial charge in [0, 0.05) is 31.6 Å². The predicted octanol–water partition coefficient (Wildman–Crippen LogP) is 3.47. The van der Waals surface area contributed by atoms with E-state index in [-0.39, 0.29) is 5.82 Å². The molecular weight excluding hydrogens is 265 g/mol. The van der Waals surface area contributed by atoms with Crippen LogP contribution in [0.2, 0.25) is 5.15 Å². The molecule has 2 aromatic rings. The highest BCUT2D eigenvalue weighted by Crippen LogP contribution is 2.18. The van der Waals surface area contributed by atoms with Crippen molar-refractivity contribution in [2.45, 2.75) is 19.9 Å². The van der Waals surface area contributed by atoms with E-state index in [4.69, 9.17) is 11.6 Å². The summed E-state index contributed by atoms with van der Waals surface area (Å²) in [7, 11) is 1.85. The summed E-state index contributed by atoms with van der Waals surface area (Å²) in [6, 6.07) is 8.39. The van der Waals surface area contributed by atoms with Gasteiger partial charge in [-0.2, -0.15) is 0 Å². The molecule has 19 heavy (non-hydrogen) atoms. The van der Waals surface area contributed by atoms with E-state index in [0.717, 1.165) is 0 Å². The third kappa shape index (κ3) is 3.41. The molecule has 0 spiro atoms. The third-order valence-electron chi connectivity index (χ3n) is 2.80. The highest BCUT2D eigenvalue weighted by molar-refractivity contribution is 6.29. The molecule has 1 heterocycles. The van der Waals surface area contributed by atoms with E-state index in [1.54, 1.807) is 18.2 Å². The van der Waals surface area contributed by atoms with E-state index in [1.165, 1.54) is 6.07 Å². The maximum Gasteiger partial charge on any atom is 0.134 e. The molecule has 0 aliphatic rings.